The van der Waals surface area contributed by atoms with Gasteiger partial charge in [-0.3, -0.25) is 10.1 Å². The molecule has 34 heavy (non-hydrogen) atoms. The molecule has 0 bridgehead atoms. The highest BCUT2D eigenvalue weighted by Crippen LogP contribution is 2.28. The Balaban J connectivity index is 1.74. The molecule has 0 radical (unpaired) electrons. The van der Waals surface area contributed by atoms with Gasteiger partial charge in [-0.05, 0) is 42.5 Å². The number of nitrogens with one attached hydrogen (secondary N) is 1. The zero-order chi connectivity index (χ0) is 24.3. The molecule has 0 aliphatic carbocycles. The van der Waals surface area contributed by atoms with Crippen LogP contribution in [0, 0.1) is 12.3 Å². The molecule has 0 aliphatic rings. The van der Waals surface area contributed by atoms with E-state index in [1.807, 2.05) is 64.1 Å². The zero-order valence-corrected chi connectivity index (χ0v) is 20.6. The van der Waals surface area contributed by atoms with Crippen molar-refractivity contribution in [1.82, 2.24) is 14.5 Å². The van der Waals surface area contributed by atoms with Crippen molar-refractivity contribution in [3.8, 4) is 5.75 Å². The van der Waals surface area contributed by atoms with Crippen LogP contribution in [-0.4, -0.2) is 27.6 Å². The summed E-state index contributed by atoms with van der Waals surface area (Å²) in [5.41, 5.74) is 4.70. The molecule has 4 aromatic rings. The minimum absolute atomic E-state index is 0.108. The lowest BCUT2D eigenvalue weighted by Gasteiger charge is -2.17. The Morgan fingerprint density at radius 2 is 1.65 bits per heavy atom. The third-order valence-electron chi connectivity index (χ3n) is 5.93. The summed E-state index contributed by atoms with van der Waals surface area (Å²) in [6.07, 6.45) is 3.84. The lowest BCUT2D eigenvalue weighted by atomic mass is 9.96. The SMILES string of the molecule is COc1ccccc1CCc1cn(Cc2ccccc2)c2nc(NC(=O)C(C)(C)C)nc(C)c12. The fourth-order valence-electron chi connectivity index (χ4n) is 4.07. The van der Waals surface area contributed by atoms with Crippen LogP contribution in [0.15, 0.2) is 60.8 Å². The normalized spacial score (nSPS) is 11.6. The van der Waals surface area contributed by atoms with Crippen molar-refractivity contribution in [3.63, 3.8) is 0 Å². The Labute approximate surface area is 201 Å². The number of para-hydroxylation sites is 1. The number of aryl methyl sites for hydroxylation is 3. The van der Waals surface area contributed by atoms with E-state index in [2.05, 4.69) is 39.3 Å². The number of anilines is 1. The first-order valence-corrected chi connectivity index (χ1v) is 11.6. The van der Waals surface area contributed by atoms with Gasteiger partial charge < -0.3 is 9.30 Å². The van der Waals surface area contributed by atoms with Gasteiger partial charge in [0.05, 0.1) is 12.8 Å². The molecule has 6 nitrogen and oxygen atoms in total. The summed E-state index contributed by atoms with van der Waals surface area (Å²) < 4.78 is 7.70. The van der Waals surface area contributed by atoms with Gasteiger partial charge in [0.25, 0.3) is 0 Å². The third kappa shape index (κ3) is 5.11. The molecule has 2 heterocycles. The molecule has 0 saturated carbocycles. The first-order valence-electron chi connectivity index (χ1n) is 11.6. The van der Waals surface area contributed by atoms with Gasteiger partial charge in [-0.15, -0.1) is 0 Å². The number of benzene rings is 2. The smallest absolute Gasteiger partial charge is 0.232 e. The predicted octanol–water partition coefficient (Wildman–Crippen LogP) is 5.57. The molecular formula is C28H32N4O2. The number of amides is 1. The fraction of sp³-hybridized carbons (Fsp3) is 0.321. The number of methoxy groups -OCH3 is 1. The zero-order valence-electron chi connectivity index (χ0n) is 20.6. The number of aromatic nitrogens is 3. The van der Waals surface area contributed by atoms with E-state index < -0.39 is 5.41 Å². The highest BCUT2D eigenvalue weighted by atomic mass is 16.5. The molecule has 0 spiro atoms. The molecule has 1 N–H and O–H groups in total. The number of hydrogen-bond donors (Lipinski definition) is 1. The Hall–Kier alpha value is -3.67. The summed E-state index contributed by atoms with van der Waals surface area (Å²) in [7, 11) is 1.70. The van der Waals surface area contributed by atoms with Crippen molar-refractivity contribution in [2.45, 2.75) is 47.1 Å². The quantitative estimate of drug-likeness (QED) is 0.395. The minimum atomic E-state index is -0.530. The first kappa shape index (κ1) is 23.5. The van der Waals surface area contributed by atoms with E-state index in [-0.39, 0.29) is 5.91 Å². The number of hydrogen-bond acceptors (Lipinski definition) is 4. The lowest BCUT2D eigenvalue weighted by Crippen LogP contribution is -2.28. The second-order valence-electron chi connectivity index (χ2n) is 9.62. The average molecular weight is 457 g/mol. The molecule has 176 valence electrons. The molecule has 1 amide bonds. The predicted molar refractivity (Wildman–Crippen MR) is 136 cm³/mol. The van der Waals surface area contributed by atoms with Crippen LogP contribution in [0.1, 0.15) is 43.2 Å². The van der Waals surface area contributed by atoms with Crippen molar-refractivity contribution in [1.29, 1.82) is 0 Å². The van der Waals surface area contributed by atoms with Crippen LogP contribution < -0.4 is 10.1 Å². The largest absolute Gasteiger partial charge is 0.496 e. The molecule has 0 saturated heterocycles. The van der Waals surface area contributed by atoms with Crippen LogP contribution in [0.2, 0.25) is 0 Å². The van der Waals surface area contributed by atoms with Crippen LogP contribution in [0.5, 0.6) is 5.75 Å². The number of fused-ring (bicyclic) bond motifs is 1. The number of ether oxygens (including phenoxy) is 1. The molecule has 0 aliphatic heterocycles. The summed E-state index contributed by atoms with van der Waals surface area (Å²) >= 11 is 0. The molecule has 0 atom stereocenters. The second-order valence-corrected chi connectivity index (χ2v) is 9.62. The number of carbonyl (C=O) groups is 1. The van der Waals surface area contributed by atoms with Gasteiger partial charge in [0, 0.05) is 23.5 Å². The van der Waals surface area contributed by atoms with Crippen molar-refractivity contribution in [3.05, 3.63) is 83.2 Å². The van der Waals surface area contributed by atoms with E-state index in [0.29, 0.717) is 12.5 Å². The molecule has 0 unspecified atom stereocenters. The highest BCUT2D eigenvalue weighted by molar-refractivity contribution is 5.94. The van der Waals surface area contributed by atoms with Crippen LogP contribution in [0.3, 0.4) is 0 Å². The maximum Gasteiger partial charge on any atom is 0.232 e. The van der Waals surface area contributed by atoms with Gasteiger partial charge in [0.15, 0.2) is 0 Å². The van der Waals surface area contributed by atoms with E-state index in [1.54, 1.807) is 7.11 Å². The lowest BCUT2D eigenvalue weighted by molar-refractivity contribution is -0.123. The second kappa shape index (κ2) is 9.67. The molecule has 6 heteroatoms. The van der Waals surface area contributed by atoms with Crippen molar-refractivity contribution in [2.24, 2.45) is 5.41 Å². The first-order chi connectivity index (χ1) is 16.3. The maximum absolute atomic E-state index is 12.6. The third-order valence-corrected chi connectivity index (χ3v) is 5.93. The Morgan fingerprint density at radius 1 is 0.971 bits per heavy atom. The summed E-state index contributed by atoms with van der Waals surface area (Å²) in [6.45, 7) is 8.30. The van der Waals surface area contributed by atoms with Crippen molar-refractivity contribution < 1.29 is 9.53 Å². The van der Waals surface area contributed by atoms with Crippen molar-refractivity contribution in [2.75, 3.05) is 12.4 Å². The van der Waals surface area contributed by atoms with E-state index in [9.17, 15) is 4.79 Å². The summed E-state index contributed by atoms with van der Waals surface area (Å²) in [4.78, 5) is 22.0. The van der Waals surface area contributed by atoms with Crippen LogP contribution in [0.4, 0.5) is 5.95 Å². The van der Waals surface area contributed by atoms with E-state index in [0.717, 1.165) is 35.3 Å². The van der Waals surface area contributed by atoms with Gasteiger partial charge in [0.2, 0.25) is 11.9 Å². The molecule has 0 fully saturated rings. The van der Waals surface area contributed by atoms with Gasteiger partial charge in [0.1, 0.15) is 11.4 Å². The van der Waals surface area contributed by atoms with Gasteiger partial charge in [-0.25, -0.2) is 4.98 Å². The van der Waals surface area contributed by atoms with Crippen molar-refractivity contribution >= 4 is 22.9 Å². The molecule has 2 aromatic carbocycles. The van der Waals surface area contributed by atoms with Gasteiger partial charge in [-0.2, -0.15) is 4.98 Å². The summed E-state index contributed by atoms with van der Waals surface area (Å²) in [6, 6.07) is 18.4. The van der Waals surface area contributed by atoms with Crippen LogP contribution >= 0.6 is 0 Å². The Kier molecular flexibility index (Phi) is 6.68. The Morgan fingerprint density at radius 3 is 2.35 bits per heavy atom. The van der Waals surface area contributed by atoms with E-state index in [1.165, 1.54) is 16.7 Å². The number of nitrogens with zero attached hydrogens (tertiary/aromatic N) is 3. The molecule has 2 aromatic heterocycles. The Bertz CT molecular complexity index is 1300. The van der Waals surface area contributed by atoms with Crippen LogP contribution in [-0.2, 0) is 24.2 Å². The average Bonchev–Trinajstić information content (AvgIpc) is 3.15. The van der Waals surface area contributed by atoms with Crippen LogP contribution in [0.25, 0.3) is 11.0 Å². The maximum atomic E-state index is 12.6. The van der Waals surface area contributed by atoms with Gasteiger partial charge >= 0.3 is 0 Å². The molecule has 4 rings (SSSR count). The molecular weight excluding hydrogens is 424 g/mol. The monoisotopic (exact) mass is 456 g/mol. The van der Waals surface area contributed by atoms with E-state index >= 15 is 0 Å². The minimum Gasteiger partial charge on any atom is -0.496 e. The summed E-state index contributed by atoms with van der Waals surface area (Å²) in [5, 5.41) is 3.94. The topological polar surface area (TPSA) is 69.0 Å². The summed E-state index contributed by atoms with van der Waals surface area (Å²) in [5.74, 6) is 1.13. The fourth-order valence-corrected chi connectivity index (χ4v) is 4.07. The standard InChI is InChI=1S/C28H32N4O2/c1-19-24-22(16-15-21-13-9-10-14-23(21)34-5)18-32(17-20-11-7-6-8-12-20)25(24)30-27(29-19)31-26(33)28(2,3)4/h6-14,18H,15-17H2,1-5H3,(H,29,30,31,33). The van der Waals surface area contributed by atoms with Gasteiger partial charge in [-0.1, -0.05) is 69.3 Å². The number of rotatable bonds is 7. The van der Waals surface area contributed by atoms with E-state index in [4.69, 9.17) is 9.72 Å². The number of carbonyl (C=O) groups excluding carboxylic acids is 1. The highest BCUT2D eigenvalue weighted by Gasteiger charge is 2.23.